The Morgan fingerprint density at radius 2 is 1.87 bits per heavy atom. The molecule has 1 aromatic rings. The molecular weight excluding hydrogens is 410 g/mol. The van der Waals surface area contributed by atoms with E-state index in [0.29, 0.717) is 41.8 Å². The molecule has 3 aliphatic rings. The lowest BCUT2D eigenvalue weighted by Gasteiger charge is -2.45. The molecule has 2 fully saturated rings. The number of benzene rings is 1. The summed E-state index contributed by atoms with van der Waals surface area (Å²) in [4.78, 5) is 28.2. The molecule has 31 heavy (non-hydrogen) atoms. The first kappa shape index (κ1) is 22.6. The van der Waals surface area contributed by atoms with Crippen LogP contribution in [-0.2, 0) is 4.79 Å². The van der Waals surface area contributed by atoms with Crippen molar-refractivity contribution in [2.75, 3.05) is 13.1 Å². The number of unbranched alkanes of at least 4 members (excludes halogenated alkanes) is 1. The number of hydrogen-bond donors (Lipinski definition) is 0. The number of halogens is 1. The summed E-state index contributed by atoms with van der Waals surface area (Å²) < 4.78 is 6.46. The van der Waals surface area contributed by atoms with E-state index in [2.05, 4.69) is 6.92 Å². The van der Waals surface area contributed by atoms with E-state index in [4.69, 9.17) is 16.3 Å². The molecule has 1 amide bonds. The molecule has 1 spiro atoms. The standard InChI is InChI=1S/C26H36ClNO3/c1-4-5-6-19-7-9-20(10-8-19)25(30)28-13-11-26(12-14-28)16-21(29)23-18(3)24(27)17(2)15-22(23)31-26/h15,19-20H,4-14,16H2,1-3H3. The van der Waals surface area contributed by atoms with Crippen molar-refractivity contribution in [3.05, 3.63) is 27.8 Å². The summed E-state index contributed by atoms with van der Waals surface area (Å²) >= 11 is 6.37. The largest absolute Gasteiger partial charge is 0.486 e. The summed E-state index contributed by atoms with van der Waals surface area (Å²) in [5, 5.41) is 0.650. The van der Waals surface area contributed by atoms with Crippen LogP contribution in [0.25, 0.3) is 0 Å². The molecule has 0 aromatic heterocycles. The predicted octanol–water partition coefficient (Wildman–Crippen LogP) is 6.28. The Hall–Kier alpha value is -1.55. The molecule has 0 radical (unpaired) electrons. The van der Waals surface area contributed by atoms with Crippen molar-refractivity contribution in [3.63, 3.8) is 0 Å². The van der Waals surface area contributed by atoms with Gasteiger partial charge in [0.1, 0.15) is 11.4 Å². The highest BCUT2D eigenvalue weighted by Crippen LogP contribution is 2.43. The highest BCUT2D eigenvalue weighted by Gasteiger charge is 2.45. The molecule has 2 heterocycles. The van der Waals surface area contributed by atoms with Crippen molar-refractivity contribution in [2.45, 2.75) is 90.6 Å². The molecule has 0 bridgehead atoms. The van der Waals surface area contributed by atoms with E-state index in [1.807, 2.05) is 24.8 Å². The fraction of sp³-hybridized carbons (Fsp3) is 0.692. The van der Waals surface area contributed by atoms with E-state index in [0.717, 1.165) is 42.7 Å². The first-order chi connectivity index (χ1) is 14.8. The summed E-state index contributed by atoms with van der Waals surface area (Å²) in [6.07, 6.45) is 10.2. The number of ether oxygens (including phenoxy) is 1. The number of aryl methyl sites for hydroxylation is 1. The van der Waals surface area contributed by atoms with E-state index in [9.17, 15) is 9.59 Å². The average molecular weight is 446 g/mol. The molecule has 170 valence electrons. The Labute approximate surface area is 191 Å². The molecule has 1 saturated carbocycles. The number of carbonyl (C=O) groups is 2. The van der Waals surface area contributed by atoms with Gasteiger partial charge in [0.2, 0.25) is 5.91 Å². The van der Waals surface area contributed by atoms with Crippen LogP contribution < -0.4 is 4.74 Å². The number of fused-ring (bicyclic) bond motifs is 1. The van der Waals surface area contributed by atoms with Crippen molar-refractivity contribution in [1.29, 1.82) is 0 Å². The van der Waals surface area contributed by atoms with Crippen LogP contribution in [0, 0.1) is 25.7 Å². The van der Waals surface area contributed by atoms with Crippen LogP contribution in [-0.4, -0.2) is 35.3 Å². The third-order valence-corrected chi connectivity index (χ3v) is 8.46. The molecule has 5 heteroatoms. The number of ketones is 1. The summed E-state index contributed by atoms with van der Waals surface area (Å²) in [5.41, 5.74) is 1.91. The van der Waals surface area contributed by atoms with Crippen LogP contribution in [0.1, 0.15) is 92.6 Å². The Balaban J connectivity index is 1.37. The van der Waals surface area contributed by atoms with Crippen molar-refractivity contribution in [2.24, 2.45) is 11.8 Å². The number of piperidine rings is 1. The lowest BCUT2D eigenvalue weighted by molar-refractivity contribution is -0.140. The van der Waals surface area contributed by atoms with Gasteiger partial charge in [-0.25, -0.2) is 0 Å². The van der Waals surface area contributed by atoms with E-state index in [1.54, 1.807) is 0 Å². The monoisotopic (exact) mass is 445 g/mol. The van der Waals surface area contributed by atoms with Crippen LogP contribution in [0.15, 0.2) is 6.07 Å². The van der Waals surface area contributed by atoms with Gasteiger partial charge in [0, 0.05) is 36.9 Å². The van der Waals surface area contributed by atoms with Gasteiger partial charge in [0.05, 0.1) is 12.0 Å². The van der Waals surface area contributed by atoms with Crippen molar-refractivity contribution < 1.29 is 14.3 Å². The number of amides is 1. The van der Waals surface area contributed by atoms with Crippen LogP contribution in [0.3, 0.4) is 0 Å². The fourth-order valence-corrected chi connectivity index (χ4v) is 6.01. The summed E-state index contributed by atoms with van der Waals surface area (Å²) in [6, 6.07) is 1.90. The number of Topliss-reactive ketones (excluding diaryl/α,β-unsaturated/α-hetero) is 1. The van der Waals surface area contributed by atoms with Gasteiger partial charge in [-0.2, -0.15) is 0 Å². The maximum Gasteiger partial charge on any atom is 0.225 e. The summed E-state index contributed by atoms with van der Waals surface area (Å²) in [6.45, 7) is 7.46. The molecule has 2 aliphatic heterocycles. The number of likely N-dealkylation sites (tertiary alicyclic amines) is 1. The lowest BCUT2D eigenvalue weighted by Crippen LogP contribution is -2.53. The van der Waals surface area contributed by atoms with Gasteiger partial charge in [-0.05, 0) is 62.6 Å². The Morgan fingerprint density at radius 3 is 2.52 bits per heavy atom. The van der Waals surface area contributed by atoms with E-state index >= 15 is 0 Å². The van der Waals surface area contributed by atoms with Crippen LogP contribution >= 0.6 is 11.6 Å². The number of hydrogen-bond acceptors (Lipinski definition) is 3. The second-order valence-electron chi connectivity index (χ2n) is 10.1. The normalized spacial score (nSPS) is 25.3. The van der Waals surface area contributed by atoms with E-state index < -0.39 is 5.60 Å². The molecule has 1 saturated heterocycles. The number of carbonyl (C=O) groups excluding carboxylic acids is 2. The quantitative estimate of drug-likeness (QED) is 0.547. The SMILES string of the molecule is CCCCC1CCC(C(=O)N2CCC3(CC2)CC(=O)c2c(cc(C)c(Cl)c2C)O3)CC1. The van der Waals surface area contributed by atoms with Crippen LogP contribution in [0.5, 0.6) is 5.75 Å². The van der Waals surface area contributed by atoms with Gasteiger partial charge in [0.15, 0.2) is 5.78 Å². The summed E-state index contributed by atoms with van der Waals surface area (Å²) in [7, 11) is 0. The molecule has 0 unspecified atom stereocenters. The Bertz CT molecular complexity index is 849. The third kappa shape index (κ3) is 4.51. The van der Waals surface area contributed by atoms with Gasteiger partial charge in [-0.1, -0.05) is 37.8 Å². The van der Waals surface area contributed by atoms with E-state index in [-0.39, 0.29) is 11.7 Å². The van der Waals surface area contributed by atoms with Crippen molar-refractivity contribution in [3.8, 4) is 5.75 Å². The molecule has 0 N–H and O–H groups in total. The topological polar surface area (TPSA) is 46.6 Å². The average Bonchev–Trinajstić information content (AvgIpc) is 2.76. The number of nitrogens with zero attached hydrogens (tertiary/aromatic N) is 1. The minimum Gasteiger partial charge on any atom is -0.486 e. The molecule has 0 atom stereocenters. The van der Waals surface area contributed by atoms with Crippen LogP contribution in [0.4, 0.5) is 0 Å². The van der Waals surface area contributed by atoms with Crippen molar-refractivity contribution in [1.82, 2.24) is 4.90 Å². The minimum absolute atomic E-state index is 0.117. The maximum absolute atomic E-state index is 13.1. The van der Waals surface area contributed by atoms with Gasteiger partial charge in [-0.15, -0.1) is 0 Å². The summed E-state index contributed by atoms with van der Waals surface area (Å²) in [5.74, 6) is 2.11. The zero-order valence-electron chi connectivity index (χ0n) is 19.3. The maximum atomic E-state index is 13.1. The molecular formula is C26H36ClNO3. The fourth-order valence-electron chi connectivity index (χ4n) is 5.86. The van der Waals surface area contributed by atoms with Gasteiger partial charge in [-0.3, -0.25) is 9.59 Å². The molecule has 1 aliphatic carbocycles. The zero-order valence-corrected chi connectivity index (χ0v) is 20.0. The first-order valence-electron chi connectivity index (χ1n) is 12.1. The van der Waals surface area contributed by atoms with Crippen molar-refractivity contribution >= 4 is 23.3 Å². The van der Waals surface area contributed by atoms with E-state index in [1.165, 1.54) is 32.1 Å². The zero-order chi connectivity index (χ0) is 22.2. The third-order valence-electron chi connectivity index (χ3n) is 7.88. The Morgan fingerprint density at radius 1 is 1.19 bits per heavy atom. The number of rotatable bonds is 4. The predicted molar refractivity (Wildman–Crippen MR) is 124 cm³/mol. The smallest absolute Gasteiger partial charge is 0.225 e. The molecule has 1 aromatic carbocycles. The Kier molecular flexibility index (Phi) is 6.67. The second kappa shape index (κ2) is 9.13. The van der Waals surface area contributed by atoms with Gasteiger partial charge in [0.25, 0.3) is 0 Å². The highest BCUT2D eigenvalue weighted by atomic mass is 35.5. The van der Waals surface area contributed by atoms with Gasteiger partial charge < -0.3 is 9.64 Å². The van der Waals surface area contributed by atoms with Gasteiger partial charge >= 0.3 is 0 Å². The van der Waals surface area contributed by atoms with Crippen LogP contribution in [0.2, 0.25) is 5.02 Å². The minimum atomic E-state index is -0.481. The second-order valence-corrected chi connectivity index (χ2v) is 10.5. The molecule has 4 nitrogen and oxygen atoms in total. The lowest BCUT2D eigenvalue weighted by atomic mass is 9.78. The first-order valence-corrected chi connectivity index (χ1v) is 12.5. The highest BCUT2D eigenvalue weighted by molar-refractivity contribution is 6.32. The molecule has 4 rings (SSSR count).